The summed E-state index contributed by atoms with van der Waals surface area (Å²) in [6.07, 6.45) is 0.590. The van der Waals surface area contributed by atoms with Crippen molar-refractivity contribution in [1.82, 2.24) is 0 Å². The highest BCUT2D eigenvalue weighted by Gasteiger charge is 2.12. The van der Waals surface area contributed by atoms with Crippen LogP contribution in [0.2, 0.25) is 5.02 Å². The second-order valence-corrected chi connectivity index (χ2v) is 3.72. The number of nitrogens with zero attached hydrogens (tertiary/aromatic N) is 1. The number of amides is 1. The Labute approximate surface area is 99.0 Å². The first-order valence-electron chi connectivity index (χ1n) is 4.84. The van der Waals surface area contributed by atoms with Gasteiger partial charge in [0.2, 0.25) is 5.91 Å². The summed E-state index contributed by atoms with van der Waals surface area (Å²) in [4.78, 5) is 11.0. The van der Waals surface area contributed by atoms with Crippen LogP contribution >= 0.6 is 11.6 Å². The van der Waals surface area contributed by atoms with E-state index in [1.807, 2.05) is 13.0 Å². The average Bonchev–Trinajstić information content (AvgIpc) is 2.25. The van der Waals surface area contributed by atoms with Crippen molar-refractivity contribution in [1.29, 1.82) is 5.26 Å². The van der Waals surface area contributed by atoms with Crippen molar-refractivity contribution in [2.45, 2.75) is 19.4 Å². The summed E-state index contributed by atoms with van der Waals surface area (Å²) in [6.45, 7) is 1.85. The molecule has 0 aliphatic heterocycles. The predicted molar refractivity (Wildman–Crippen MR) is 63.1 cm³/mol. The zero-order chi connectivity index (χ0) is 12.1. The van der Waals surface area contributed by atoms with Crippen LogP contribution in [-0.4, -0.2) is 11.9 Å². The molecule has 1 unspecified atom stereocenters. The van der Waals surface area contributed by atoms with Crippen LogP contribution in [0.25, 0.3) is 0 Å². The molecular weight excluding hydrogens is 226 g/mol. The van der Waals surface area contributed by atoms with Gasteiger partial charge in [0, 0.05) is 5.69 Å². The number of anilines is 1. The van der Waals surface area contributed by atoms with Gasteiger partial charge in [-0.05, 0) is 24.6 Å². The molecule has 1 amide bonds. The van der Waals surface area contributed by atoms with Gasteiger partial charge in [-0.25, -0.2) is 0 Å². The Kier molecular flexibility index (Phi) is 4.15. The molecule has 0 aliphatic carbocycles. The second kappa shape index (κ2) is 5.38. The molecule has 3 N–H and O–H groups in total. The molecule has 0 fully saturated rings. The predicted octanol–water partition coefficient (Wildman–Crippen LogP) is 1.89. The van der Waals surface area contributed by atoms with Gasteiger partial charge in [0.25, 0.3) is 0 Å². The lowest BCUT2D eigenvalue weighted by molar-refractivity contribution is -0.118. The molecule has 84 valence electrons. The van der Waals surface area contributed by atoms with Crippen LogP contribution in [0.5, 0.6) is 0 Å². The molecule has 0 radical (unpaired) electrons. The van der Waals surface area contributed by atoms with Gasteiger partial charge in [0.15, 0.2) is 0 Å². The summed E-state index contributed by atoms with van der Waals surface area (Å²) in [5.41, 5.74) is 6.28. The largest absolute Gasteiger partial charge is 0.374 e. The molecule has 1 atom stereocenters. The number of rotatable bonds is 4. The molecule has 0 aromatic heterocycles. The van der Waals surface area contributed by atoms with Crippen molar-refractivity contribution >= 4 is 23.2 Å². The smallest absolute Gasteiger partial charge is 0.239 e. The zero-order valence-corrected chi connectivity index (χ0v) is 9.58. The molecule has 1 aromatic carbocycles. The summed E-state index contributed by atoms with van der Waals surface area (Å²) in [5, 5.41) is 12.0. The Balaban J connectivity index is 2.87. The molecule has 16 heavy (non-hydrogen) atoms. The van der Waals surface area contributed by atoms with Gasteiger partial charge in [0.05, 0.1) is 10.6 Å². The summed E-state index contributed by atoms with van der Waals surface area (Å²) in [6, 6.07) is 6.42. The van der Waals surface area contributed by atoms with Crippen molar-refractivity contribution in [3.05, 3.63) is 28.8 Å². The van der Waals surface area contributed by atoms with Gasteiger partial charge in [-0.1, -0.05) is 18.5 Å². The molecule has 1 rings (SSSR count). The number of carbonyl (C=O) groups is 1. The van der Waals surface area contributed by atoms with Gasteiger partial charge >= 0.3 is 0 Å². The Morgan fingerprint density at radius 3 is 2.81 bits per heavy atom. The molecule has 0 aliphatic rings. The number of nitriles is 1. The minimum absolute atomic E-state index is 0.354. The third-order valence-corrected chi connectivity index (χ3v) is 2.49. The maximum absolute atomic E-state index is 11.0. The third-order valence-electron chi connectivity index (χ3n) is 2.18. The lowest BCUT2D eigenvalue weighted by Crippen LogP contribution is -2.34. The number of halogens is 1. The molecule has 0 saturated heterocycles. The number of hydrogen-bond donors (Lipinski definition) is 2. The highest BCUT2D eigenvalue weighted by Crippen LogP contribution is 2.20. The topological polar surface area (TPSA) is 78.9 Å². The average molecular weight is 238 g/mol. The van der Waals surface area contributed by atoms with E-state index in [2.05, 4.69) is 5.32 Å². The molecule has 0 saturated carbocycles. The number of hydrogen-bond acceptors (Lipinski definition) is 3. The van der Waals surface area contributed by atoms with Crippen molar-refractivity contribution in [3.63, 3.8) is 0 Å². The fourth-order valence-electron chi connectivity index (χ4n) is 1.27. The first-order chi connectivity index (χ1) is 7.58. The van der Waals surface area contributed by atoms with E-state index in [-0.39, 0.29) is 0 Å². The lowest BCUT2D eigenvalue weighted by atomic mass is 10.1. The first-order valence-corrected chi connectivity index (χ1v) is 5.21. The van der Waals surface area contributed by atoms with Crippen LogP contribution in [0.1, 0.15) is 18.9 Å². The fourth-order valence-corrected chi connectivity index (χ4v) is 1.49. The molecule has 0 heterocycles. The highest BCUT2D eigenvalue weighted by molar-refractivity contribution is 6.32. The Morgan fingerprint density at radius 1 is 1.69 bits per heavy atom. The summed E-state index contributed by atoms with van der Waals surface area (Å²) in [7, 11) is 0. The normalized spacial score (nSPS) is 11.6. The van der Waals surface area contributed by atoms with Gasteiger partial charge in [-0.3, -0.25) is 4.79 Å². The van der Waals surface area contributed by atoms with E-state index < -0.39 is 11.9 Å². The zero-order valence-electron chi connectivity index (χ0n) is 8.83. The number of primary amides is 1. The van der Waals surface area contributed by atoms with Crippen LogP contribution in [0.15, 0.2) is 18.2 Å². The van der Waals surface area contributed by atoms with E-state index in [4.69, 9.17) is 22.6 Å². The molecule has 0 bridgehead atoms. The number of nitrogens with two attached hydrogens (primary N) is 1. The van der Waals surface area contributed by atoms with Gasteiger partial charge in [-0.15, -0.1) is 0 Å². The van der Waals surface area contributed by atoms with Crippen LogP contribution in [0.3, 0.4) is 0 Å². The quantitative estimate of drug-likeness (QED) is 0.839. The van der Waals surface area contributed by atoms with E-state index in [0.29, 0.717) is 22.7 Å². The van der Waals surface area contributed by atoms with E-state index in [1.54, 1.807) is 18.2 Å². The molecular formula is C11H12ClN3O. The van der Waals surface area contributed by atoms with Crippen LogP contribution in [0.4, 0.5) is 5.69 Å². The Hall–Kier alpha value is -1.73. The number of benzene rings is 1. The maximum Gasteiger partial charge on any atom is 0.239 e. The monoisotopic (exact) mass is 237 g/mol. The minimum atomic E-state index is -0.427. The third kappa shape index (κ3) is 2.88. The minimum Gasteiger partial charge on any atom is -0.374 e. The molecule has 4 nitrogen and oxygen atoms in total. The SMILES string of the molecule is CCC(Nc1ccc(C#N)c(Cl)c1)C(N)=O. The van der Waals surface area contributed by atoms with E-state index in [9.17, 15) is 4.79 Å². The highest BCUT2D eigenvalue weighted by atomic mass is 35.5. The summed E-state index contributed by atoms with van der Waals surface area (Å²) >= 11 is 5.86. The van der Waals surface area contributed by atoms with Crippen LogP contribution in [-0.2, 0) is 4.79 Å². The van der Waals surface area contributed by atoms with E-state index in [0.717, 1.165) is 0 Å². The molecule has 0 spiro atoms. The van der Waals surface area contributed by atoms with Crippen molar-refractivity contribution in [3.8, 4) is 6.07 Å². The van der Waals surface area contributed by atoms with Gasteiger partial charge in [-0.2, -0.15) is 5.26 Å². The first kappa shape index (κ1) is 12.3. The molecule has 1 aromatic rings. The van der Waals surface area contributed by atoms with Crippen LogP contribution < -0.4 is 11.1 Å². The van der Waals surface area contributed by atoms with Crippen LogP contribution in [0, 0.1) is 11.3 Å². The van der Waals surface area contributed by atoms with Crippen molar-refractivity contribution in [2.24, 2.45) is 5.73 Å². The Morgan fingerprint density at radius 2 is 2.38 bits per heavy atom. The van der Waals surface area contributed by atoms with Crippen molar-refractivity contribution in [2.75, 3.05) is 5.32 Å². The second-order valence-electron chi connectivity index (χ2n) is 3.31. The fraction of sp³-hybridized carbons (Fsp3) is 0.273. The maximum atomic E-state index is 11.0. The molecule has 5 heteroatoms. The van der Waals surface area contributed by atoms with E-state index >= 15 is 0 Å². The summed E-state index contributed by atoms with van der Waals surface area (Å²) < 4.78 is 0. The van der Waals surface area contributed by atoms with Gasteiger partial charge < -0.3 is 11.1 Å². The van der Waals surface area contributed by atoms with Gasteiger partial charge in [0.1, 0.15) is 12.1 Å². The lowest BCUT2D eigenvalue weighted by Gasteiger charge is -2.14. The number of carbonyl (C=O) groups excluding carboxylic acids is 1. The number of nitrogens with one attached hydrogen (secondary N) is 1. The standard InChI is InChI=1S/C11H12ClN3O/c1-2-10(11(14)16)15-8-4-3-7(6-13)9(12)5-8/h3-5,10,15H,2H2,1H3,(H2,14,16). The Bertz CT molecular complexity index is 439. The summed E-state index contributed by atoms with van der Waals surface area (Å²) in [5.74, 6) is -0.414. The van der Waals surface area contributed by atoms with E-state index in [1.165, 1.54) is 0 Å². The van der Waals surface area contributed by atoms with Crippen molar-refractivity contribution < 1.29 is 4.79 Å².